The Labute approximate surface area is 86.5 Å². The van der Waals surface area contributed by atoms with Gasteiger partial charge in [-0.2, -0.15) is 4.37 Å². The Hall–Kier alpha value is -0.940. The van der Waals surface area contributed by atoms with Crippen LogP contribution >= 0.6 is 11.5 Å². The molecule has 0 aliphatic rings. The van der Waals surface area contributed by atoms with Gasteiger partial charge in [0, 0.05) is 17.8 Å². The van der Waals surface area contributed by atoms with Gasteiger partial charge in [0.15, 0.2) is 9.84 Å². The first-order chi connectivity index (χ1) is 6.56. The third-order valence-corrected chi connectivity index (χ3v) is 3.61. The molecule has 1 aromatic carbocycles. The second kappa shape index (κ2) is 3.33. The molecular weight excluding hydrogens is 218 g/mol. The molecule has 74 valence electrons. The summed E-state index contributed by atoms with van der Waals surface area (Å²) in [7, 11) is -2.97. The standard InChI is InChI=1S/C9H9NO2S2/c1-14(11,12)6-8-4-2-3-7-5-10-13-9(7)8/h2-5H,6H2,1H3. The van der Waals surface area contributed by atoms with E-state index < -0.39 is 9.84 Å². The average Bonchev–Trinajstić information content (AvgIpc) is 2.49. The highest BCUT2D eigenvalue weighted by molar-refractivity contribution is 7.89. The molecular formula is C9H9NO2S2. The fourth-order valence-electron chi connectivity index (χ4n) is 1.35. The number of sulfone groups is 1. The maximum atomic E-state index is 11.2. The molecule has 0 bridgehead atoms. The van der Waals surface area contributed by atoms with Crippen LogP contribution < -0.4 is 0 Å². The monoisotopic (exact) mass is 227 g/mol. The zero-order valence-corrected chi connectivity index (χ0v) is 9.23. The Kier molecular flexibility index (Phi) is 2.28. The van der Waals surface area contributed by atoms with Crippen LogP contribution in [0.4, 0.5) is 0 Å². The van der Waals surface area contributed by atoms with E-state index in [-0.39, 0.29) is 5.75 Å². The summed E-state index contributed by atoms with van der Waals surface area (Å²) in [5.74, 6) is 0.0898. The van der Waals surface area contributed by atoms with Gasteiger partial charge in [0.25, 0.3) is 0 Å². The molecule has 0 radical (unpaired) electrons. The number of rotatable bonds is 2. The van der Waals surface area contributed by atoms with Crippen molar-refractivity contribution in [1.82, 2.24) is 4.37 Å². The van der Waals surface area contributed by atoms with Crippen LogP contribution in [0.2, 0.25) is 0 Å². The van der Waals surface area contributed by atoms with E-state index in [0.717, 1.165) is 15.6 Å². The molecule has 0 atom stereocenters. The van der Waals surface area contributed by atoms with Gasteiger partial charge >= 0.3 is 0 Å². The molecule has 3 nitrogen and oxygen atoms in total. The van der Waals surface area contributed by atoms with E-state index in [1.807, 2.05) is 18.2 Å². The van der Waals surface area contributed by atoms with Crippen molar-refractivity contribution in [3.63, 3.8) is 0 Å². The van der Waals surface area contributed by atoms with Crippen molar-refractivity contribution < 1.29 is 8.42 Å². The molecule has 0 saturated carbocycles. The van der Waals surface area contributed by atoms with Gasteiger partial charge in [0.2, 0.25) is 0 Å². The van der Waals surface area contributed by atoms with Crippen molar-refractivity contribution in [1.29, 1.82) is 0 Å². The topological polar surface area (TPSA) is 47.0 Å². The number of hydrogen-bond donors (Lipinski definition) is 0. The third-order valence-electron chi connectivity index (χ3n) is 1.88. The Morgan fingerprint density at radius 2 is 2.21 bits per heavy atom. The summed E-state index contributed by atoms with van der Waals surface area (Å²) in [5.41, 5.74) is 0.840. The van der Waals surface area contributed by atoms with Crippen LogP contribution in [0.5, 0.6) is 0 Å². The highest BCUT2D eigenvalue weighted by atomic mass is 32.2. The van der Waals surface area contributed by atoms with Gasteiger partial charge in [0.05, 0.1) is 10.5 Å². The normalized spacial score (nSPS) is 12.1. The molecule has 1 heterocycles. The highest BCUT2D eigenvalue weighted by Gasteiger charge is 2.08. The molecule has 0 unspecified atom stereocenters. The van der Waals surface area contributed by atoms with Gasteiger partial charge in [-0.3, -0.25) is 0 Å². The van der Waals surface area contributed by atoms with Crippen molar-refractivity contribution >= 4 is 31.5 Å². The van der Waals surface area contributed by atoms with Gasteiger partial charge in [-0.1, -0.05) is 18.2 Å². The molecule has 2 aromatic rings. The van der Waals surface area contributed by atoms with E-state index in [9.17, 15) is 8.42 Å². The summed E-state index contributed by atoms with van der Waals surface area (Å²) in [6.07, 6.45) is 3.00. The maximum Gasteiger partial charge on any atom is 0.151 e. The number of hydrogen-bond acceptors (Lipinski definition) is 4. The molecule has 2 rings (SSSR count). The summed E-state index contributed by atoms with van der Waals surface area (Å²) >= 11 is 1.34. The Bertz CT molecular complexity index is 557. The Morgan fingerprint density at radius 3 is 2.93 bits per heavy atom. The SMILES string of the molecule is CS(=O)(=O)Cc1cccc2cnsc12. The summed E-state index contributed by atoms with van der Waals surface area (Å²) in [6, 6.07) is 5.63. The van der Waals surface area contributed by atoms with Crippen LogP contribution in [0.15, 0.2) is 24.4 Å². The van der Waals surface area contributed by atoms with E-state index in [1.165, 1.54) is 17.8 Å². The fourth-order valence-corrected chi connectivity index (χ4v) is 3.00. The zero-order chi connectivity index (χ0) is 10.2. The molecule has 0 amide bonds. The Balaban J connectivity index is 2.57. The molecule has 0 aliphatic carbocycles. The summed E-state index contributed by atoms with van der Waals surface area (Å²) in [6.45, 7) is 0. The molecule has 5 heteroatoms. The largest absolute Gasteiger partial charge is 0.229 e. The van der Waals surface area contributed by atoms with Crippen LogP contribution in [0.3, 0.4) is 0 Å². The van der Waals surface area contributed by atoms with E-state index in [1.54, 1.807) is 6.20 Å². The highest BCUT2D eigenvalue weighted by Crippen LogP contribution is 2.23. The molecule has 0 saturated heterocycles. The zero-order valence-electron chi connectivity index (χ0n) is 7.60. The smallest absolute Gasteiger partial charge is 0.151 e. The second-order valence-electron chi connectivity index (χ2n) is 3.23. The average molecular weight is 227 g/mol. The molecule has 0 aliphatic heterocycles. The predicted molar refractivity (Wildman–Crippen MR) is 58.2 cm³/mol. The van der Waals surface area contributed by atoms with E-state index >= 15 is 0 Å². The summed E-state index contributed by atoms with van der Waals surface area (Å²) < 4.78 is 27.3. The molecule has 1 aromatic heterocycles. The number of benzene rings is 1. The molecule has 0 spiro atoms. The lowest BCUT2D eigenvalue weighted by Gasteiger charge is -1.99. The van der Waals surface area contributed by atoms with Crippen LogP contribution in [-0.2, 0) is 15.6 Å². The van der Waals surface area contributed by atoms with Crippen LogP contribution in [0, 0.1) is 0 Å². The lowest BCUT2D eigenvalue weighted by molar-refractivity contribution is 0.601. The quantitative estimate of drug-likeness (QED) is 0.786. The van der Waals surface area contributed by atoms with Crippen molar-refractivity contribution in [3.8, 4) is 0 Å². The lowest BCUT2D eigenvalue weighted by atomic mass is 10.2. The van der Waals surface area contributed by atoms with Gasteiger partial charge in [-0.25, -0.2) is 8.42 Å². The summed E-state index contributed by atoms with van der Waals surface area (Å²) in [4.78, 5) is 0. The van der Waals surface area contributed by atoms with Crippen LogP contribution in [0.1, 0.15) is 5.56 Å². The first-order valence-corrected chi connectivity index (χ1v) is 6.90. The predicted octanol–water partition coefficient (Wildman–Crippen LogP) is 1.84. The molecule has 14 heavy (non-hydrogen) atoms. The minimum atomic E-state index is -2.97. The first kappa shape index (κ1) is 9.61. The molecule has 0 fully saturated rings. The first-order valence-electron chi connectivity index (χ1n) is 4.06. The lowest BCUT2D eigenvalue weighted by Crippen LogP contribution is -2.00. The number of nitrogens with zero attached hydrogens (tertiary/aromatic N) is 1. The maximum absolute atomic E-state index is 11.2. The molecule has 0 N–H and O–H groups in total. The van der Waals surface area contributed by atoms with E-state index in [0.29, 0.717) is 0 Å². The van der Waals surface area contributed by atoms with Crippen LogP contribution in [0.25, 0.3) is 10.1 Å². The number of aromatic nitrogens is 1. The fraction of sp³-hybridized carbons (Fsp3) is 0.222. The van der Waals surface area contributed by atoms with Gasteiger partial charge in [-0.15, -0.1) is 0 Å². The third kappa shape index (κ3) is 1.93. The van der Waals surface area contributed by atoms with Crippen molar-refractivity contribution in [2.75, 3.05) is 6.26 Å². The minimum absolute atomic E-state index is 0.0898. The minimum Gasteiger partial charge on any atom is -0.229 e. The van der Waals surface area contributed by atoms with E-state index in [4.69, 9.17) is 0 Å². The summed E-state index contributed by atoms with van der Waals surface area (Å²) in [5, 5.41) is 1.01. The van der Waals surface area contributed by atoms with Crippen molar-refractivity contribution in [2.45, 2.75) is 5.75 Å². The van der Waals surface area contributed by atoms with Crippen LogP contribution in [-0.4, -0.2) is 19.0 Å². The second-order valence-corrected chi connectivity index (χ2v) is 6.17. The number of fused-ring (bicyclic) bond motifs is 1. The van der Waals surface area contributed by atoms with Gasteiger partial charge in [-0.05, 0) is 17.1 Å². The van der Waals surface area contributed by atoms with Gasteiger partial charge in [0.1, 0.15) is 0 Å². The van der Waals surface area contributed by atoms with Crippen molar-refractivity contribution in [3.05, 3.63) is 30.0 Å². The van der Waals surface area contributed by atoms with Gasteiger partial charge < -0.3 is 0 Å². The Morgan fingerprint density at radius 1 is 1.43 bits per heavy atom. The van der Waals surface area contributed by atoms with E-state index in [2.05, 4.69) is 4.37 Å². The van der Waals surface area contributed by atoms with Crippen molar-refractivity contribution in [2.24, 2.45) is 0 Å².